The largest absolute Gasteiger partial charge is 0.494 e. The minimum atomic E-state index is -4.61. The van der Waals surface area contributed by atoms with E-state index in [0.717, 1.165) is 12.1 Å². The number of rotatable bonds is 3. The van der Waals surface area contributed by atoms with Crippen LogP contribution in [0, 0.1) is 0 Å². The van der Waals surface area contributed by atoms with Crippen LogP contribution in [0.25, 0.3) is 0 Å². The number of urea groups is 1. The summed E-state index contributed by atoms with van der Waals surface area (Å²) in [5.41, 5.74) is -1.85. The molecule has 0 unspecified atom stereocenters. The average Bonchev–Trinajstić information content (AvgIpc) is 2.81. The molecule has 0 radical (unpaired) electrons. The topological polar surface area (TPSA) is 59.6 Å². The lowest BCUT2D eigenvalue weighted by molar-refractivity contribution is -0.137. The second kappa shape index (κ2) is 7.79. The predicted octanol–water partition coefficient (Wildman–Crippen LogP) is 5.30. The molecular weight excluding hydrogens is 419 g/mol. The van der Waals surface area contributed by atoms with Crippen molar-refractivity contribution in [2.45, 2.75) is 45.1 Å². The fourth-order valence-corrected chi connectivity index (χ4v) is 3.05. The van der Waals surface area contributed by atoms with E-state index in [2.05, 4.69) is 10.6 Å². The first kappa shape index (κ1) is 22.5. The monoisotopic (exact) mass is 440 g/mol. The fourth-order valence-electron chi connectivity index (χ4n) is 2.86. The minimum absolute atomic E-state index is 0.0472. The Labute approximate surface area is 178 Å². The first-order chi connectivity index (χ1) is 13.8. The van der Waals surface area contributed by atoms with Gasteiger partial charge in [0, 0.05) is 16.4 Å². The molecule has 2 amide bonds. The van der Waals surface area contributed by atoms with Crippen LogP contribution in [-0.4, -0.2) is 24.4 Å². The third-order valence-electron chi connectivity index (χ3n) is 5.15. The number of nitrogens with one attached hydrogen (secondary N) is 2. The van der Waals surface area contributed by atoms with Crippen molar-refractivity contribution in [1.82, 2.24) is 0 Å². The van der Waals surface area contributed by atoms with Crippen molar-refractivity contribution >= 4 is 41.6 Å². The summed E-state index contributed by atoms with van der Waals surface area (Å²) in [5.74, 6) is 0. The first-order valence-electron chi connectivity index (χ1n) is 9.18. The number of amides is 2. The van der Waals surface area contributed by atoms with Crippen LogP contribution in [0.3, 0.4) is 0 Å². The maximum absolute atomic E-state index is 13.4. The highest BCUT2D eigenvalue weighted by molar-refractivity contribution is 6.62. The second-order valence-corrected chi connectivity index (χ2v) is 8.46. The maximum Gasteiger partial charge on any atom is 0.494 e. The van der Waals surface area contributed by atoms with E-state index >= 15 is 0 Å². The van der Waals surface area contributed by atoms with Gasteiger partial charge in [-0.15, -0.1) is 0 Å². The van der Waals surface area contributed by atoms with Crippen LogP contribution in [0.5, 0.6) is 0 Å². The summed E-state index contributed by atoms with van der Waals surface area (Å²) < 4.78 is 52.0. The van der Waals surface area contributed by atoms with E-state index < -0.39 is 36.1 Å². The van der Waals surface area contributed by atoms with E-state index in [0.29, 0.717) is 10.7 Å². The number of hydrogen-bond acceptors (Lipinski definition) is 3. The Balaban J connectivity index is 1.87. The van der Waals surface area contributed by atoms with Crippen LogP contribution in [0.2, 0.25) is 5.02 Å². The van der Waals surface area contributed by atoms with Crippen molar-refractivity contribution < 1.29 is 27.3 Å². The van der Waals surface area contributed by atoms with E-state index in [9.17, 15) is 18.0 Å². The SMILES string of the molecule is CC1(C)OB(c2cc(NC(=O)Nc3cccc(Cl)c3)cc(C(F)(F)F)c2)OC1(C)C. The molecular formula is C20H21BClF3N2O3. The lowest BCUT2D eigenvalue weighted by atomic mass is 9.78. The van der Waals surface area contributed by atoms with Gasteiger partial charge in [0.05, 0.1) is 16.8 Å². The zero-order chi connectivity index (χ0) is 22.3. The van der Waals surface area contributed by atoms with E-state index in [1.807, 2.05) is 0 Å². The summed E-state index contributed by atoms with van der Waals surface area (Å²) in [6, 6.07) is 8.89. The van der Waals surface area contributed by atoms with Crippen molar-refractivity contribution in [2.24, 2.45) is 0 Å². The van der Waals surface area contributed by atoms with Gasteiger partial charge >= 0.3 is 19.3 Å². The standard InChI is InChI=1S/C20H21BClF3N2O3/c1-18(2)19(3,4)30-21(29-18)13-8-12(20(23,24)25)9-16(10-13)27-17(28)26-15-7-5-6-14(22)11-15/h5-11H,1-4H3,(H2,26,27,28). The van der Waals surface area contributed by atoms with Gasteiger partial charge < -0.3 is 19.9 Å². The Morgan fingerprint density at radius 3 is 2.13 bits per heavy atom. The molecule has 1 heterocycles. The van der Waals surface area contributed by atoms with Crippen molar-refractivity contribution in [3.63, 3.8) is 0 Å². The van der Waals surface area contributed by atoms with Gasteiger partial charge in [-0.05, 0) is 63.5 Å². The lowest BCUT2D eigenvalue weighted by Gasteiger charge is -2.32. The number of hydrogen-bond donors (Lipinski definition) is 2. The molecule has 3 rings (SSSR count). The zero-order valence-electron chi connectivity index (χ0n) is 16.9. The highest BCUT2D eigenvalue weighted by atomic mass is 35.5. The third kappa shape index (κ3) is 4.91. The molecule has 160 valence electrons. The molecule has 5 nitrogen and oxygen atoms in total. The number of carbonyl (C=O) groups excluding carboxylic acids is 1. The summed E-state index contributed by atoms with van der Waals surface area (Å²) in [7, 11) is -1.01. The molecule has 2 N–H and O–H groups in total. The minimum Gasteiger partial charge on any atom is -0.399 e. The number of halogens is 4. The normalized spacial score (nSPS) is 17.7. The molecule has 1 saturated heterocycles. The van der Waals surface area contributed by atoms with Gasteiger partial charge in [0.25, 0.3) is 0 Å². The summed E-state index contributed by atoms with van der Waals surface area (Å²) in [6.45, 7) is 7.22. The number of alkyl halides is 3. The van der Waals surface area contributed by atoms with Crippen LogP contribution < -0.4 is 16.1 Å². The smallest absolute Gasteiger partial charge is 0.399 e. The lowest BCUT2D eigenvalue weighted by Crippen LogP contribution is -2.41. The van der Waals surface area contributed by atoms with Crippen molar-refractivity contribution in [3.05, 3.63) is 53.1 Å². The number of carbonyl (C=O) groups is 1. The quantitative estimate of drug-likeness (QED) is 0.637. The summed E-state index contributed by atoms with van der Waals surface area (Å²) >= 11 is 5.87. The van der Waals surface area contributed by atoms with Crippen molar-refractivity contribution in [2.75, 3.05) is 10.6 Å². The van der Waals surface area contributed by atoms with Crippen LogP contribution in [0.1, 0.15) is 33.3 Å². The number of benzene rings is 2. The Morgan fingerprint density at radius 2 is 1.57 bits per heavy atom. The average molecular weight is 441 g/mol. The molecule has 0 saturated carbocycles. The predicted molar refractivity (Wildman–Crippen MR) is 111 cm³/mol. The maximum atomic E-state index is 13.4. The van der Waals surface area contributed by atoms with Crippen molar-refractivity contribution in [3.8, 4) is 0 Å². The van der Waals surface area contributed by atoms with Crippen LogP contribution in [0.15, 0.2) is 42.5 Å². The third-order valence-corrected chi connectivity index (χ3v) is 5.38. The van der Waals surface area contributed by atoms with E-state index in [4.69, 9.17) is 20.9 Å². The highest BCUT2D eigenvalue weighted by Crippen LogP contribution is 2.37. The van der Waals surface area contributed by atoms with Gasteiger partial charge in [0.2, 0.25) is 0 Å². The van der Waals surface area contributed by atoms with E-state index in [-0.39, 0.29) is 11.2 Å². The number of anilines is 2. The van der Waals surface area contributed by atoms with Crippen LogP contribution in [0.4, 0.5) is 29.3 Å². The van der Waals surface area contributed by atoms with Crippen LogP contribution in [-0.2, 0) is 15.5 Å². The second-order valence-electron chi connectivity index (χ2n) is 8.02. The molecule has 0 aromatic heterocycles. The van der Waals surface area contributed by atoms with E-state index in [1.54, 1.807) is 45.9 Å². The highest BCUT2D eigenvalue weighted by Gasteiger charge is 2.52. The Hall–Kier alpha value is -2.23. The fraction of sp³-hybridized carbons (Fsp3) is 0.350. The Kier molecular flexibility index (Phi) is 5.83. The van der Waals surface area contributed by atoms with Gasteiger partial charge in [0.1, 0.15) is 0 Å². The molecule has 0 spiro atoms. The van der Waals surface area contributed by atoms with E-state index in [1.165, 1.54) is 12.1 Å². The zero-order valence-corrected chi connectivity index (χ0v) is 17.6. The molecule has 30 heavy (non-hydrogen) atoms. The van der Waals surface area contributed by atoms with Crippen molar-refractivity contribution in [1.29, 1.82) is 0 Å². The summed E-state index contributed by atoms with van der Waals surface area (Å²) in [5, 5.41) is 5.36. The Morgan fingerprint density at radius 1 is 0.967 bits per heavy atom. The van der Waals surface area contributed by atoms with Gasteiger partial charge in [-0.1, -0.05) is 23.7 Å². The molecule has 0 bridgehead atoms. The molecule has 1 aliphatic heterocycles. The first-order valence-corrected chi connectivity index (χ1v) is 9.56. The molecule has 1 aliphatic rings. The van der Waals surface area contributed by atoms with Gasteiger partial charge in [0.15, 0.2) is 0 Å². The van der Waals surface area contributed by atoms with Gasteiger partial charge in [-0.3, -0.25) is 0 Å². The molecule has 0 atom stereocenters. The van der Waals surface area contributed by atoms with Crippen LogP contribution >= 0.6 is 11.6 Å². The molecule has 2 aromatic carbocycles. The Bertz CT molecular complexity index is 951. The molecule has 0 aliphatic carbocycles. The summed E-state index contributed by atoms with van der Waals surface area (Å²) in [6.07, 6.45) is -4.61. The summed E-state index contributed by atoms with van der Waals surface area (Å²) in [4.78, 5) is 12.3. The molecule has 2 aromatic rings. The van der Waals surface area contributed by atoms with Gasteiger partial charge in [-0.25, -0.2) is 4.79 Å². The molecule has 10 heteroatoms. The molecule has 1 fully saturated rings. The van der Waals surface area contributed by atoms with Gasteiger partial charge in [-0.2, -0.15) is 13.2 Å².